The highest BCUT2D eigenvalue weighted by atomic mass is 35.5. The van der Waals surface area contributed by atoms with E-state index in [4.69, 9.17) is 11.6 Å². The van der Waals surface area contributed by atoms with Crippen molar-refractivity contribution in [2.24, 2.45) is 11.8 Å². The molecule has 3 unspecified atom stereocenters. The molecule has 1 amide bonds. The standard InChI is InChI=1S/C20H22ClN3O4S/c1-20(26)13-4-5-14(20)11-15(10-13)29(27,28)17-9-12(3-6-16(17)21)18(25)24-19-22-7-2-8-23-19/h2-3,6-9,13-15,26H,4-5,10-11H2,1H3,(H,22,23,24,25)/t13-,14?,15?,20?/m1/s1. The molecule has 1 heterocycles. The van der Waals surface area contributed by atoms with Crippen LogP contribution in [0.4, 0.5) is 5.95 Å². The van der Waals surface area contributed by atoms with Crippen LogP contribution in [0, 0.1) is 11.8 Å². The van der Waals surface area contributed by atoms with Gasteiger partial charge in [0.25, 0.3) is 5.91 Å². The number of sulfone groups is 1. The summed E-state index contributed by atoms with van der Waals surface area (Å²) in [7, 11) is -3.75. The Morgan fingerprint density at radius 1 is 1.21 bits per heavy atom. The fraction of sp³-hybridized carbons (Fsp3) is 0.450. The Balaban J connectivity index is 1.61. The maximum Gasteiger partial charge on any atom is 0.258 e. The summed E-state index contributed by atoms with van der Waals surface area (Å²) in [6.45, 7) is 1.81. The first-order valence-electron chi connectivity index (χ1n) is 9.54. The van der Waals surface area contributed by atoms with Gasteiger partial charge in [-0.2, -0.15) is 0 Å². The van der Waals surface area contributed by atoms with Crippen LogP contribution < -0.4 is 5.32 Å². The molecule has 9 heteroatoms. The maximum absolute atomic E-state index is 13.3. The topological polar surface area (TPSA) is 109 Å². The van der Waals surface area contributed by atoms with Gasteiger partial charge in [0, 0.05) is 18.0 Å². The second-order valence-corrected chi connectivity index (χ2v) is 10.6. The summed E-state index contributed by atoms with van der Waals surface area (Å²) in [4.78, 5) is 20.3. The van der Waals surface area contributed by atoms with Crippen LogP contribution in [0.15, 0.2) is 41.6 Å². The van der Waals surface area contributed by atoms with E-state index in [0.717, 1.165) is 12.8 Å². The van der Waals surface area contributed by atoms with Crippen molar-refractivity contribution in [3.8, 4) is 0 Å². The molecule has 2 bridgehead atoms. The average molecular weight is 436 g/mol. The number of nitrogens with one attached hydrogen (secondary N) is 1. The van der Waals surface area contributed by atoms with Gasteiger partial charge >= 0.3 is 0 Å². The molecule has 2 N–H and O–H groups in total. The zero-order chi connectivity index (χ0) is 20.8. The lowest BCUT2D eigenvalue weighted by Crippen LogP contribution is -2.45. The second-order valence-electron chi connectivity index (χ2n) is 8.01. The fourth-order valence-electron chi connectivity index (χ4n) is 4.60. The van der Waals surface area contributed by atoms with Crippen LogP contribution in [-0.4, -0.2) is 40.3 Å². The van der Waals surface area contributed by atoms with E-state index in [1.807, 2.05) is 6.92 Å². The Morgan fingerprint density at radius 2 is 1.83 bits per heavy atom. The van der Waals surface area contributed by atoms with Gasteiger partial charge < -0.3 is 5.11 Å². The van der Waals surface area contributed by atoms with Crippen LogP contribution in [0.25, 0.3) is 0 Å². The first-order valence-corrected chi connectivity index (χ1v) is 11.5. The molecule has 2 aromatic rings. The van der Waals surface area contributed by atoms with Gasteiger partial charge in [-0.1, -0.05) is 11.6 Å². The molecular formula is C20H22ClN3O4S. The molecular weight excluding hydrogens is 414 g/mol. The minimum atomic E-state index is -3.75. The van der Waals surface area contributed by atoms with Crippen molar-refractivity contribution in [2.45, 2.75) is 48.4 Å². The molecule has 154 valence electrons. The van der Waals surface area contributed by atoms with E-state index < -0.39 is 26.6 Å². The summed E-state index contributed by atoms with van der Waals surface area (Å²) in [6.07, 6.45) is 5.44. The molecule has 2 fully saturated rings. The number of carbonyl (C=O) groups is 1. The van der Waals surface area contributed by atoms with E-state index in [1.165, 1.54) is 30.6 Å². The Bertz CT molecular complexity index is 1030. The Kier molecular flexibility index (Phi) is 5.13. The number of aromatic nitrogens is 2. The van der Waals surface area contributed by atoms with Gasteiger partial charge in [-0.15, -0.1) is 0 Å². The van der Waals surface area contributed by atoms with Crippen LogP contribution in [-0.2, 0) is 9.84 Å². The van der Waals surface area contributed by atoms with E-state index in [1.54, 1.807) is 6.07 Å². The second kappa shape index (κ2) is 7.34. The molecule has 0 spiro atoms. The molecule has 2 aliphatic carbocycles. The van der Waals surface area contributed by atoms with Crippen LogP contribution in [0.5, 0.6) is 0 Å². The van der Waals surface area contributed by atoms with E-state index in [2.05, 4.69) is 15.3 Å². The quantitative estimate of drug-likeness (QED) is 0.763. The number of fused-ring (bicyclic) bond motifs is 2. The molecule has 4 atom stereocenters. The van der Waals surface area contributed by atoms with Gasteiger partial charge in [0.15, 0.2) is 9.84 Å². The van der Waals surface area contributed by atoms with Crippen molar-refractivity contribution < 1.29 is 18.3 Å². The first kappa shape index (κ1) is 20.3. The molecule has 2 saturated carbocycles. The van der Waals surface area contributed by atoms with E-state index in [-0.39, 0.29) is 33.3 Å². The minimum absolute atomic E-state index is 0.0403. The number of benzene rings is 1. The Labute approximate surface area is 174 Å². The molecule has 1 aromatic carbocycles. The smallest absolute Gasteiger partial charge is 0.258 e. The number of amides is 1. The van der Waals surface area contributed by atoms with Crippen molar-refractivity contribution in [1.82, 2.24) is 9.97 Å². The molecule has 0 aliphatic heterocycles. The van der Waals surface area contributed by atoms with Gasteiger partial charge in [-0.3, -0.25) is 10.1 Å². The number of anilines is 1. The van der Waals surface area contributed by atoms with Crippen LogP contribution >= 0.6 is 11.6 Å². The van der Waals surface area contributed by atoms with Gasteiger partial charge in [0.2, 0.25) is 5.95 Å². The largest absolute Gasteiger partial charge is 0.390 e. The Hall–Kier alpha value is -2.03. The molecule has 29 heavy (non-hydrogen) atoms. The maximum atomic E-state index is 13.3. The zero-order valence-electron chi connectivity index (χ0n) is 15.9. The number of halogens is 1. The summed E-state index contributed by atoms with van der Waals surface area (Å²) in [5, 5.41) is 12.7. The van der Waals surface area contributed by atoms with Crippen molar-refractivity contribution in [3.05, 3.63) is 47.2 Å². The van der Waals surface area contributed by atoms with Crippen molar-refractivity contribution in [3.63, 3.8) is 0 Å². The summed E-state index contributed by atoms with van der Waals surface area (Å²) in [5.41, 5.74) is -0.654. The zero-order valence-corrected chi connectivity index (χ0v) is 17.4. The molecule has 0 radical (unpaired) electrons. The van der Waals surface area contributed by atoms with Crippen LogP contribution in [0.3, 0.4) is 0 Å². The number of nitrogens with zero attached hydrogens (tertiary/aromatic N) is 2. The van der Waals surface area contributed by atoms with Crippen molar-refractivity contribution in [1.29, 1.82) is 0 Å². The van der Waals surface area contributed by atoms with Crippen LogP contribution in [0.2, 0.25) is 5.02 Å². The highest BCUT2D eigenvalue weighted by Crippen LogP contribution is 2.51. The van der Waals surface area contributed by atoms with E-state index in [9.17, 15) is 18.3 Å². The van der Waals surface area contributed by atoms with E-state index in [0.29, 0.717) is 12.8 Å². The number of hydrogen-bond acceptors (Lipinski definition) is 6. The third-order valence-corrected chi connectivity index (χ3v) is 9.00. The van der Waals surface area contributed by atoms with Crippen LogP contribution in [0.1, 0.15) is 43.0 Å². The van der Waals surface area contributed by atoms with E-state index >= 15 is 0 Å². The molecule has 1 aromatic heterocycles. The van der Waals surface area contributed by atoms with Gasteiger partial charge in [0.05, 0.1) is 20.8 Å². The number of rotatable bonds is 4. The molecule has 7 nitrogen and oxygen atoms in total. The number of aliphatic hydroxyl groups is 1. The predicted molar refractivity (Wildman–Crippen MR) is 108 cm³/mol. The summed E-state index contributed by atoms with van der Waals surface area (Å²) >= 11 is 6.22. The fourth-order valence-corrected chi connectivity index (χ4v) is 7.00. The molecule has 2 aliphatic rings. The lowest BCUT2D eigenvalue weighted by molar-refractivity contribution is -0.0413. The predicted octanol–water partition coefficient (Wildman–Crippen LogP) is 3.10. The minimum Gasteiger partial charge on any atom is -0.390 e. The third kappa shape index (κ3) is 3.65. The normalized spacial score (nSPS) is 28.9. The average Bonchev–Trinajstić information content (AvgIpc) is 2.86. The summed E-state index contributed by atoms with van der Waals surface area (Å²) in [6, 6.07) is 5.82. The van der Waals surface area contributed by atoms with Gasteiger partial charge in [0.1, 0.15) is 0 Å². The molecule has 0 saturated heterocycles. The lowest BCUT2D eigenvalue weighted by Gasteiger charge is -2.40. The SMILES string of the molecule is CC1(O)C2CC[C@@H]1CC(S(=O)(=O)c1cc(C(=O)Nc3ncccn3)ccc1Cl)C2. The number of hydrogen-bond donors (Lipinski definition) is 2. The summed E-state index contributed by atoms with van der Waals surface area (Å²) in [5.74, 6) is -0.470. The number of carbonyl (C=O) groups excluding carboxylic acids is 1. The highest BCUT2D eigenvalue weighted by Gasteiger charge is 2.53. The Morgan fingerprint density at radius 3 is 2.45 bits per heavy atom. The molecule has 4 rings (SSSR count). The van der Waals surface area contributed by atoms with Crippen molar-refractivity contribution >= 4 is 33.3 Å². The van der Waals surface area contributed by atoms with Crippen molar-refractivity contribution in [2.75, 3.05) is 5.32 Å². The monoisotopic (exact) mass is 435 g/mol. The third-order valence-electron chi connectivity index (χ3n) is 6.34. The highest BCUT2D eigenvalue weighted by molar-refractivity contribution is 7.92. The van der Waals surface area contributed by atoms with Gasteiger partial charge in [-0.05, 0) is 68.7 Å². The van der Waals surface area contributed by atoms with Gasteiger partial charge in [-0.25, -0.2) is 18.4 Å². The summed E-state index contributed by atoms with van der Waals surface area (Å²) < 4.78 is 26.7. The first-order chi connectivity index (χ1) is 13.7. The lowest BCUT2D eigenvalue weighted by atomic mass is 9.76.